The van der Waals surface area contributed by atoms with Gasteiger partial charge in [0.15, 0.2) is 5.75 Å². The van der Waals surface area contributed by atoms with Crippen molar-refractivity contribution in [1.29, 1.82) is 0 Å². The minimum absolute atomic E-state index is 0.0340. The van der Waals surface area contributed by atoms with E-state index in [2.05, 4.69) is 10.3 Å². The number of amides is 1. The van der Waals surface area contributed by atoms with Gasteiger partial charge in [-0.05, 0) is 67.9 Å². The zero-order valence-electron chi connectivity index (χ0n) is 22.9. The molecule has 2 fully saturated rings. The lowest BCUT2D eigenvalue weighted by atomic mass is 9.81. The van der Waals surface area contributed by atoms with E-state index in [1.165, 1.54) is 0 Å². The molecule has 3 aliphatic rings. The number of carbonyl (C=O) groups excluding carboxylic acids is 1. The average Bonchev–Trinajstić information content (AvgIpc) is 3.71. The maximum absolute atomic E-state index is 14.4. The van der Waals surface area contributed by atoms with Crippen molar-refractivity contribution < 1.29 is 14.3 Å². The van der Waals surface area contributed by atoms with Crippen LogP contribution in [0.2, 0.25) is 20.1 Å². The molecular weight excluding hydrogens is 636 g/mol. The predicted molar refractivity (Wildman–Crippen MR) is 170 cm³/mol. The first kappa shape index (κ1) is 30.2. The van der Waals surface area contributed by atoms with Gasteiger partial charge in [-0.2, -0.15) is 0 Å². The van der Waals surface area contributed by atoms with Crippen LogP contribution in [0.4, 0.5) is 0 Å². The monoisotopic (exact) mass is 665 g/mol. The predicted octanol–water partition coefficient (Wildman–Crippen LogP) is 8.21. The fourth-order valence-corrected chi connectivity index (χ4v) is 7.56. The van der Waals surface area contributed by atoms with Gasteiger partial charge in [0.25, 0.3) is 5.91 Å². The highest BCUT2D eigenvalue weighted by atomic mass is 35.5. The second kappa shape index (κ2) is 13.4. The second-order valence-electron chi connectivity index (χ2n) is 10.9. The number of benzene rings is 2. The van der Waals surface area contributed by atoms with Gasteiger partial charge in [0.1, 0.15) is 11.6 Å². The van der Waals surface area contributed by atoms with Crippen molar-refractivity contribution in [1.82, 2.24) is 15.2 Å². The van der Waals surface area contributed by atoms with E-state index < -0.39 is 0 Å². The largest absolute Gasteiger partial charge is 0.488 e. The number of thiazole rings is 1. The average molecular weight is 667 g/mol. The van der Waals surface area contributed by atoms with Crippen LogP contribution in [0.25, 0.3) is 5.57 Å². The van der Waals surface area contributed by atoms with Crippen LogP contribution in [-0.4, -0.2) is 47.1 Å². The summed E-state index contributed by atoms with van der Waals surface area (Å²) in [4.78, 5) is 22.0. The molecule has 222 valence electrons. The van der Waals surface area contributed by atoms with Crippen molar-refractivity contribution in [2.75, 3.05) is 13.2 Å². The zero-order valence-corrected chi connectivity index (χ0v) is 26.7. The summed E-state index contributed by atoms with van der Waals surface area (Å²) in [6, 6.07) is 11.5. The molecule has 1 amide bonds. The molecule has 3 aromatic rings. The number of carbonyl (C=O) groups is 1. The van der Waals surface area contributed by atoms with Gasteiger partial charge in [-0.3, -0.25) is 4.79 Å². The summed E-state index contributed by atoms with van der Waals surface area (Å²) >= 11 is 26.8. The van der Waals surface area contributed by atoms with Crippen LogP contribution in [0.1, 0.15) is 54.0 Å². The first-order valence-corrected chi connectivity index (χ1v) is 16.5. The normalized spacial score (nSPS) is 20.1. The highest BCUT2D eigenvalue weighted by Gasteiger charge is 2.41. The molecular formula is C31H31Cl4N3O3S. The van der Waals surface area contributed by atoms with Crippen LogP contribution >= 0.6 is 57.7 Å². The van der Waals surface area contributed by atoms with Crippen LogP contribution in [0.5, 0.6) is 5.75 Å². The van der Waals surface area contributed by atoms with Crippen molar-refractivity contribution in [3.63, 3.8) is 0 Å². The number of piperidine rings is 1. The van der Waals surface area contributed by atoms with Gasteiger partial charge in [0, 0.05) is 36.4 Å². The SMILES string of the molecule is O=C(C1=C(c2cnc(COCCOc3c(Cl)cccc3Cl)s2)C[C@@H]2CCC[C@H]1N2)N(Cc1cccc(Cl)c1Cl)C1CC1. The van der Waals surface area contributed by atoms with E-state index >= 15 is 0 Å². The van der Waals surface area contributed by atoms with Crippen LogP contribution in [0.15, 0.2) is 48.2 Å². The summed E-state index contributed by atoms with van der Waals surface area (Å²) in [5.41, 5.74) is 2.85. The summed E-state index contributed by atoms with van der Waals surface area (Å²) in [6.07, 6.45) is 7.87. The van der Waals surface area contributed by atoms with Gasteiger partial charge in [-0.25, -0.2) is 4.98 Å². The third-order valence-electron chi connectivity index (χ3n) is 7.93. The third kappa shape index (κ3) is 6.78. The molecule has 1 saturated heterocycles. The van der Waals surface area contributed by atoms with Crippen molar-refractivity contribution >= 4 is 69.2 Å². The molecule has 1 N–H and O–H groups in total. The van der Waals surface area contributed by atoms with E-state index in [-0.39, 0.29) is 18.0 Å². The first-order chi connectivity index (χ1) is 20.4. The van der Waals surface area contributed by atoms with Gasteiger partial charge in [-0.1, -0.05) is 64.6 Å². The van der Waals surface area contributed by atoms with Gasteiger partial charge in [-0.15, -0.1) is 11.3 Å². The maximum atomic E-state index is 14.4. The van der Waals surface area contributed by atoms with E-state index in [1.54, 1.807) is 35.6 Å². The minimum Gasteiger partial charge on any atom is -0.488 e. The Balaban J connectivity index is 1.18. The zero-order chi connectivity index (χ0) is 29.2. The Bertz CT molecular complexity index is 1470. The smallest absolute Gasteiger partial charge is 0.252 e. The van der Waals surface area contributed by atoms with Crippen LogP contribution in [0, 0.1) is 0 Å². The molecule has 11 heteroatoms. The Morgan fingerprint density at radius 3 is 2.55 bits per heavy atom. The van der Waals surface area contributed by atoms with Crippen LogP contribution < -0.4 is 10.1 Å². The van der Waals surface area contributed by atoms with Gasteiger partial charge in [0.05, 0.1) is 38.2 Å². The molecule has 6 nitrogen and oxygen atoms in total. The molecule has 2 atom stereocenters. The maximum Gasteiger partial charge on any atom is 0.252 e. The fraction of sp³-hybridized carbons (Fsp3) is 0.419. The fourth-order valence-electron chi connectivity index (χ4n) is 5.75. The Morgan fingerprint density at radius 1 is 1.00 bits per heavy atom. The van der Waals surface area contributed by atoms with Crippen molar-refractivity contribution in [3.05, 3.63) is 83.7 Å². The van der Waals surface area contributed by atoms with Crippen LogP contribution in [0.3, 0.4) is 0 Å². The molecule has 2 bridgehead atoms. The molecule has 2 aromatic carbocycles. The lowest BCUT2D eigenvalue weighted by Gasteiger charge is -2.40. The molecule has 1 saturated carbocycles. The number of nitrogens with one attached hydrogen (secondary N) is 1. The van der Waals surface area contributed by atoms with E-state index in [4.69, 9.17) is 55.9 Å². The molecule has 6 rings (SSSR count). The van der Waals surface area contributed by atoms with Crippen molar-refractivity contribution in [3.8, 4) is 5.75 Å². The highest BCUT2D eigenvalue weighted by molar-refractivity contribution is 7.12. The number of nitrogens with zero attached hydrogens (tertiary/aromatic N) is 2. The first-order valence-electron chi connectivity index (χ1n) is 14.2. The standard InChI is InChI=1S/C31H31Cl4N3O3S/c32-22-6-1-4-18(29(22)35)16-38(20-10-11-20)31(39)28-21(14-19-5-2-9-25(28)37-19)26-15-36-27(42-26)17-40-12-13-41-30-23(33)7-3-8-24(30)34/h1,3-4,6-8,15,19-20,25,37H,2,5,9-14,16-17H2/t19-,25+/m0/s1. The van der Waals surface area contributed by atoms with Crippen LogP contribution in [-0.2, 0) is 22.7 Å². The van der Waals surface area contributed by atoms with E-state index in [1.807, 2.05) is 23.2 Å². The Labute approximate surface area is 269 Å². The number of ether oxygens (including phenoxy) is 2. The topological polar surface area (TPSA) is 63.7 Å². The quantitative estimate of drug-likeness (QED) is 0.209. The third-order valence-corrected chi connectivity index (χ3v) is 10.4. The summed E-state index contributed by atoms with van der Waals surface area (Å²) in [7, 11) is 0. The Hall–Kier alpha value is -1.84. The number of para-hydroxylation sites is 1. The molecule has 42 heavy (non-hydrogen) atoms. The summed E-state index contributed by atoms with van der Waals surface area (Å²) in [5.74, 6) is 0.544. The summed E-state index contributed by atoms with van der Waals surface area (Å²) in [5, 5.41) is 6.54. The summed E-state index contributed by atoms with van der Waals surface area (Å²) in [6.45, 7) is 1.47. The van der Waals surface area contributed by atoms with E-state index in [0.29, 0.717) is 58.2 Å². The molecule has 0 unspecified atom stereocenters. The Morgan fingerprint density at radius 2 is 1.76 bits per heavy atom. The number of hydrogen-bond donors (Lipinski definition) is 1. The van der Waals surface area contributed by atoms with Gasteiger partial charge >= 0.3 is 0 Å². The number of halogens is 4. The molecule has 0 spiro atoms. The molecule has 2 aliphatic heterocycles. The van der Waals surface area contributed by atoms with E-state index in [0.717, 1.165) is 65.1 Å². The molecule has 3 heterocycles. The lowest BCUT2D eigenvalue weighted by molar-refractivity contribution is -0.128. The summed E-state index contributed by atoms with van der Waals surface area (Å²) < 4.78 is 11.6. The Kier molecular flexibility index (Phi) is 9.66. The molecule has 0 radical (unpaired) electrons. The van der Waals surface area contributed by atoms with Crippen molar-refractivity contribution in [2.24, 2.45) is 0 Å². The van der Waals surface area contributed by atoms with Crippen molar-refractivity contribution in [2.45, 2.75) is 69.8 Å². The molecule has 1 aliphatic carbocycles. The minimum atomic E-state index is 0.0340. The number of fused-ring (bicyclic) bond motifs is 2. The van der Waals surface area contributed by atoms with E-state index in [9.17, 15) is 4.79 Å². The number of aromatic nitrogens is 1. The van der Waals surface area contributed by atoms with Gasteiger partial charge in [0.2, 0.25) is 0 Å². The lowest BCUT2D eigenvalue weighted by Crippen LogP contribution is -2.51. The molecule has 1 aromatic heterocycles. The highest BCUT2D eigenvalue weighted by Crippen LogP contribution is 2.41. The number of hydrogen-bond acceptors (Lipinski definition) is 6. The van der Waals surface area contributed by atoms with Gasteiger partial charge < -0.3 is 19.7 Å². The number of rotatable bonds is 11. The second-order valence-corrected chi connectivity index (χ2v) is 13.6.